The lowest BCUT2D eigenvalue weighted by molar-refractivity contribution is -0.158. The second-order valence-corrected chi connectivity index (χ2v) is 11.3. The molecule has 5 rings (SSSR count). The van der Waals surface area contributed by atoms with Crippen molar-refractivity contribution in [2.45, 2.75) is 75.5 Å². The van der Waals surface area contributed by atoms with Crippen LogP contribution < -0.4 is 0 Å². The molecule has 4 aliphatic rings. The minimum atomic E-state index is -2.35. The molecule has 2 N–H and O–H groups in total. The highest BCUT2D eigenvalue weighted by Crippen LogP contribution is 2.61. The highest BCUT2D eigenvalue weighted by atomic mass is 32.1. The fraction of sp³-hybridized carbons (Fsp3) is 0.615. The van der Waals surface area contributed by atoms with E-state index in [0.717, 1.165) is 17.4 Å². The van der Waals surface area contributed by atoms with E-state index in [9.17, 15) is 24.2 Å². The minimum Gasteiger partial charge on any atom is -0.390 e. The smallest absolute Gasteiger partial charge is 0.192 e. The summed E-state index contributed by atoms with van der Waals surface area (Å²) in [6.07, 6.45) is -2.42. The predicted octanol–water partition coefficient (Wildman–Crippen LogP) is 3.92. The average Bonchev–Trinajstić information content (AvgIpc) is 3.44. The molecule has 0 radical (unpaired) electrons. The Bertz CT molecular complexity index is 1130. The third-order valence-corrected chi connectivity index (χ3v) is 9.53. The second kappa shape index (κ2) is 8.87. The molecule has 1 aromatic rings. The Hall–Kier alpha value is -1.85. The summed E-state index contributed by atoms with van der Waals surface area (Å²) in [5, 5.41) is 23.9. The van der Waals surface area contributed by atoms with Gasteiger partial charge in [-0.2, -0.15) is 0 Å². The maximum Gasteiger partial charge on any atom is 0.192 e. The Morgan fingerprint density at radius 2 is 2.06 bits per heavy atom. The molecule has 1 aromatic heterocycles. The van der Waals surface area contributed by atoms with Crippen molar-refractivity contribution >= 4 is 22.9 Å². The zero-order valence-corrected chi connectivity index (χ0v) is 20.8. The van der Waals surface area contributed by atoms with Gasteiger partial charge in [0, 0.05) is 22.1 Å². The molecular formula is C26H29F3O6S. The van der Waals surface area contributed by atoms with Crippen LogP contribution in [0.4, 0.5) is 13.2 Å². The molecule has 6 nitrogen and oxygen atoms in total. The molecule has 0 bridgehead atoms. The number of fused-ring (bicyclic) bond motifs is 4. The molecule has 3 aliphatic carbocycles. The van der Waals surface area contributed by atoms with Crippen molar-refractivity contribution in [3.05, 3.63) is 45.9 Å². The third-order valence-electron chi connectivity index (χ3n) is 8.80. The molecule has 36 heavy (non-hydrogen) atoms. The second-order valence-electron chi connectivity index (χ2n) is 10.6. The van der Waals surface area contributed by atoms with Gasteiger partial charge in [-0.05, 0) is 56.3 Å². The normalized spacial score (nSPS) is 44.5. The summed E-state index contributed by atoms with van der Waals surface area (Å²) in [5.41, 5.74) is -5.54. The molecule has 0 unspecified atom stereocenters. The van der Waals surface area contributed by atoms with Gasteiger partial charge in [-0.15, -0.1) is 11.3 Å². The third kappa shape index (κ3) is 3.52. The lowest BCUT2D eigenvalue weighted by Crippen LogP contribution is -2.63. The molecular weight excluding hydrogens is 497 g/mol. The highest BCUT2D eigenvalue weighted by molar-refractivity contribution is 7.08. The van der Waals surface area contributed by atoms with Gasteiger partial charge in [0.25, 0.3) is 0 Å². The van der Waals surface area contributed by atoms with Crippen LogP contribution in [0.5, 0.6) is 0 Å². The molecule has 9 atom stereocenters. The van der Waals surface area contributed by atoms with E-state index < -0.39 is 77.2 Å². The van der Waals surface area contributed by atoms with Gasteiger partial charge in [0.15, 0.2) is 29.1 Å². The first-order valence-electron chi connectivity index (χ1n) is 12.1. The van der Waals surface area contributed by atoms with E-state index in [2.05, 4.69) is 0 Å². The molecule has 0 amide bonds. The first-order chi connectivity index (χ1) is 17.0. The van der Waals surface area contributed by atoms with Crippen molar-refractivity contribution in [1.82, 2.24) is 0 Å². The molecule has 1 aliphatic heterocycles. The number of carbonyl (C=O) groups excluding carboxylic acids is 2. The van der Waals surface area contributed by atoms with Gasteiger partial charge >= 0.3 is 0 Å². The molecule has 2 saturated carbocycles. The number of ether oxygens (including phenoxy) is 2. The van der Waals surface area contributed by atoms with Crippen molar-refractivity contribution in [3.8, 4) is 0 Å². The van der Waals surface area contributed by atoms with Gasteiger partial charge in [-0.25, -0.2) is 13.2 Å². The average molecular weight is 527 g/mol. The van der Waals surface area contributed by atoms with Gasteiger partial charge in [-0.3, -0.25) is 9.59 Å². The number of aliphatic hydroxyl groups is 2. The fourth-order valence-corrected chi connectivity index (χ4v) is 7.50. The highest BCUT2D eigenvalue weighted by Gasteiger charge is 2.67. The number of thiophene rings is 1. The zero-order valence-electron chi connectivity index (χ0n) is 20.0. The minimum absolute atomic E-state index is 0.00101. The van der Waals surface area contributed by atoms with E-state index in [1.165, 1.54) is 29.8 Å². The Kier molecular flexibility index (Phi) is 6.35. The topological polar surface area (TPSA) is 93.1 Å². The van der Waals surface area contributed by atoms with E-state index >= 15 is 8.78 Å². The van der Waals surface area contributed by atoms with Gasteiger partial charge in [0.05, 0.1) is 17.8 Å². The summed E-state index contributed by atoms with van der Waals surface area (Å²) in [4.78, 5) is 25.1. The van der Waals surface area contributed by atoms with E-state index in [0.29, 0.717) is 0 Å². The van der Waals surface area contributed by atoms with Crippen LogP contribution >= 0.6 is 11.3 Å². The number of alkyl halides is 2. The number of hydrogen-bond acceptors (Lipinski definition) is 7. The maximum absolute atomic E-state index is 17.4. The molecule has 0 spiro atoms. The van der Waals surface area contributed by atoms with Crippen LogP contribution in [0.25, 0.3) is 0 Å². The van der Waals surface area contributed by atoms with Gasteiger partial charge in [0.2, 0.25) is 0 Å². The van der Waals surface area contributed by atoms with Crippen LogP contribution in [0.2, 0.25) is 0 Å². The number of carbonyl (C=O) groups is 2. The monoisotopic (exact) mass is 526 g/mol. The first-order valence-corrected chi connectivity index (χ1v) is 13.1. The molecule has 196 valence electrons. The lowest BCUT2D eigenvalue weighted by atomic mass is 9.51. The number of allylic oxidation sites excluding steroid dienone is 4. The molecule has 1 saturated heterocycles. The van der Waals surface area contributed by atoms with E-state index in [-0.39, 0.29) is 36.8 Å². The van der Waals surface area contributed by atoms with E-state index in [4.69, 9.17) is 9.47 Å². The summed E-state index contributed by atoms with van der Waals surface area (Å²) in [7, 11) is 0. The molecule has 10 heteroatoms. The molecule has 2 heterocycles. The number of rotatable bonds is 3. The lowest BCUT2D eigenvalue weighted by Gasteiger charge is -2.56. The van der Waals surface area contributed by atoms with Crippen molar-refractivity contribution in [3.63, 3.8) is 0 Å². The number of ketones is 2. The van der Waals surface area contributed by atoms with E-state index in [1.807, 2.05) is 0 Å². The van der Waals surface area contributed by atoms with Crippen molar-refractivity contribution in [2.24, 2.45) is 17.3 Å². The Morgan fingerprint density at radius 1 is 1.31 bits per heavy atom. The summed E-state index contributed by atoms with van der Waals surface area (Å²) in [6.45, 7) is 2.32. The van der Waals surface area contributed by atoms with Crippen LogP contribution in [0.3, 0.4) is 0 Å². The number of Topliss-reactive ketones (excluding diaryl/α,β-unsaturated/α-hetero) is 1. The zero-order chi connectivity index (χ0) is 26.0. The Balaban J connectivity index is 1.58. The van der Waals surface area contributed by atoms with Crippen molar-refractivity contribution in [1.29, 1.82) is 0 Å². The first kappa shape index (κ1) is 25.8. The summed E-state index contributed by atoms with van der Waals surface area (Å²) < 4.78 is 59.2. The summed E-state index contributed by atoms with van der Waals surface area (Å²) in [5.74, 6) is -3.29. The largest absolute Gasteiger partial charge is 0.390 e. The fourth-order valence-electron chi connectivity index (χ4n) is 6.80. The van der Waals surface area contributed by atoms with Gasteiger partial charge < -0.3 is 19.7 Å². The number of aliphatic hydroxyl groups excluding tert-OH is 2. The van der Waals surface area contributed by atoms with Crippen LogP contribution in [-0.2, 0) is 19.1 Å². The van der Waals surface area contributed by atoms with Crippen LogP contribution in [0.15, 0.2) is 34.6 Å². The van der Waals surface area contributed by atoms with Gasteiger partial charge in [0.1, 0.15) is 18.6 Å². The van der Waals surface area contributed by atoms with Crippen molar-refractivity contribution < 1.29 is 42.4 Å². The number of hydrogen-bond donors (Lipinski definition) is 2. The Morgan fingerprint density at radius 3 is 2.72 bits per heavy atom. The number of halogens is 3. The standard InChI is InChI=1S/C26H29F3O6S/c1-13-7-22-25(21(33)10-30,35-23(34-22)15-11-36-12-19(15)28)6-4-20(32)26(29)16(13)9-18(27)17-8-14(31)3-5-24(17,26)2/h3,5,8,11-13,16,18,20,22-23,30,32H,4,6-7,9-10H2,1-2H3/t13-,16-,18-,20-,22+,23+,24-,25+,26-/m0/s1. The van der Waals surface area contributed by atoms with Crippen LogP contribution in [0, 0.1) is 23.1 Å². The van der Waals surface area contributed by atoms with Gasteiger partial charge in [-0.1, -0.05) is 13.0 Å². The quantitative estimate of drug-likeness (QED) is 0.620. The maximum atomic E-state index is 17.4. The summed E-state index contributed by atoms with van der Waals surface area (Å²) in [6, 6.07) is 0. The van der Waals surface area contributed by atoms with Crippen molar-refractivity contribution in [2.75, 3.05) is 6.61 Å². The SMILES string of the molecule is C[C@H]1C[C@H]2O[C@@H](c3cscc3F)O[C@@]2(C(=O)CO)CC[C@H](O)[C@@]2(F)[C@H]1C[C@H](F)C1=CC(=O)C=C[C@@]12C. The Labute approximate surface area is 210 Å². The van der Waals surface area contributed by atoms with Crippen LogP contribution in [0.1, 0.15) is 51.4 Å². The predicted molar refractivity (Wildman–Crippen MR) is 124 cm³/mol. The van der Waals surface area contributed by atoms with Crippen LogP contribution in [-0.4, -0.2) is 58.0 Å². The summed E-state index contributed by atoms with van der Waals surface area (Å²) >= 11 is 1.10. The molecule has 3 fully saturated rings. The van der Waals surface area contributed by atoms with E-state index in [1.54, 1.807) is 6.92 Å². The molecule has 0 aromatic carbocycles.